The fourth-order valence-corrected chi connectivity index (χ4v) is 3.64. The molecule has 0 saturated carbocycles. The van der Waals surface area contributed by atoms with Crippen LogP contribution in [0.1, 0.15) is 18.4 Å². The van der Waals surface area contributed by atoms with Gasteiger partial charge in [-0.2, -0.15) is 0 Å². The largest absolute Gasteiger partial charge is 0.381 e. The Hall–Kier alpha value is -0.620. The van der Waals surface area contributed by atoms with Gasteiger partial charge < -0.3 is 14.4 Å². The summed E-state index contributed by atoms with van der Waals surface area (Å²) >= 11 is 3.62. The van der Waals surface area contributed by atoms with Gasteiger partial charge in [-0.3, -0.25) is 4.90 Å². The number of hydrogen-bond donors (Lipinski definition) is 0. The topological polar surface area (TPSA) is 24.9 Å². The molecule has 122 valence electrons. The second kappa shape index (κ2) is 7.77. The third kappa shape index (κ3) is 4.02. The number of nitrogens with zero attached hydrogens (tertiary/aromatic N) is 2. The van der Waals surface area contributed by atoms with Crippen LogP contribution in [0.2, 0.25) is 0 Å². The molecule has 2 fully saturated rings. The van der Waals surface area contributed by atoms with Gasteiger partial charge in [-0.1, -0.05) is 22.0 Å². The summed E-state index contributed by atoms with van der Waals surface area (Å²) in [6.45, 7) is 6.38. The minimum atomic E-state index is 0.634. The number of benzene rings is 1. The molecule has 0 aliphatic carbocycles. The predicted octanol–water partition coefficient (Wildman–Crippen LogP) is 2.90. The molecule has 2 saturated heterocycles. The van der Waals surface area contributed by atoms with Crippen molar-refractivity contribution in [1.29, 1.82) is 0 Å². The fraction of sp³-hybridized carbons (Fsp3) is 0.647. The smallest absolute Gasteiger partial charge is 0.0642 e. The number of halogens is 1. The van der Waals surface area contributed by atoms with Gasteiger partial charge in [-0.15, -0.1) is 0 Å². The summed E-state index contributed by atoms with van der Waals surface area (Å²) in [5.41, 5.74) is 2.75. The zero-order chi connectivity index (χ0) is 15.4. The standard InChI is InChI=1S/C17H25BrN2O2/c1-19(16-4-8-21-9-5-16)13-14-2-3-15(18)12-17(14)20-6-10-22-11-7-20/h2-3,12,16H,4-11,13H2,1H3. The molecule has 4 nitrogen and oxygen atoms in total. The van der Waals surface area contributed by atoms with E-state index in [4.69, 9.17) is 9.47 Å². The first-order valence-corrected chi connectivity index (χ1v) is 8.92. The number of hydrogen-bond acceptors (Lipinski definition) is 4. The lowest BCUT2D eigenvalue weighted by molar-refractivity contribution is 0.0407. The molecule has 0 radical (unpaired) electrons. The van der Waals surface area contributed by atoms with E-state index >= 15 is 0 Å². The van der Waals surface area contributed by atoms with Gasteiger partial charge >= 0.3 is 0 Å². The lowest BCUT2D eigenvalue weighted by atomic mass is 10.1. The molecule has 2 aliphatic heterocycles. The second-order valence-electron chi connectivity index (χ2n) is 6.13. The Balaban J connectivity index is 1.74. The van der Waals surface area contributed by atoms with Gasteiger partial charge in [0.15, 0.2) is 0 Å². The molecule has 0 unspecified atom stereocenters. The Morgan fingerprint density at radius 2 is 1.82 bits per heavy atom. The summed E-state index contributed by atoms with van der Waals surface area (Å²) < 4.78 is 12.1. The van der Waals surface area contributed by atoms with Crippen LogP contribution in [0.3, 0.4) is 0 Å². The van der Waals surface area contributed by atoms with Gasteiger partial charge in [0.05, 0.1) is 13.2 Å². The molecule has 5 heteroatoms. The molecule has 22 heavy (non-hydrogen) atoms. The van der Waals surface area contributed by atoms with Gasteiger partial charge in [0.1, 0.15) is 0 Å². The van der Waals surface area contributed by atoms with Crippen LogP contribution in [0.25, 0.3) is 0 Å². The SMILES string of the molecule is CN(Cc1ccc(Br)cc1N1CCOCC1)C1CCOCC1. The minimum absolute atomic E-state index is 0.634. The van der Waals surface area contributed by atoms with E-state index < -0.39 is 0 Å². The van der Waals surface area contributed by atoms with E-state index in [1.54, 1.807) is 0 Å². The summed E-state index contributed by atoms with van der Waals surface area (Å²) in [5.74, 6) is 0. The van der Waals surface area contributed by atoms with Crippen LogP contribution in [0.4, 0.5) is 5.69 Å². The number of morpholine rings is 1. The zero-order valence-electron chi connectivity index (χ0n) is 13.3. The minimum Gasteiger partial charge on any atom is -0.381 e. The van der Waals surface area contributed by atoms with Crippen LogP contribution in [0, 0.1) is 0 Å². The zero-order valence-corrected chi connectivity index (χ0v) is 14.8. The summed E-state index contributed by atoms with van der Waals surface area (Å²) in [6.07, 6.45) is 2.28. The Morgan fingerprint density at radius 3 is 2.55 bits per heavy atom. The van der Waals surface area contributed by atoms with Crippen molar-refractivity contribution in [3.8, 4) is 0 Å². The van der Waals surface area contributed by atoms with E-state index in [0.717, 1.165) is 63.4 Å². The van der Waals surface area contributed by atoms with E-state index in [1.165, 1.54) is 11.3 Å². The highest BCUT2D eigenvalue weighted by molar-refractivity contribution is 9.10. The predicted molar refractivity (Wildman–Crippen MR) is 92.5 cm³/mol. The first-order chi connectivity index (χ1) is 10.7. The first kappa shape index (κ1) is 16.2. The Bertz CT molecular complexity index is 486. The number of rotatable bonds is 4. The summed E-state index contributed by atoms with van der Waals surface area (Å²) in [5, 5.41) is 0. The van der Waals surface area contributed by atoms with E-state index in [2.05, 4.69) is 51.0 Å². The highest BCUT2D eigenvalue weighted by Gasteiger charge is 2.21. The van der Waals surface area contributed by atoms with Crippen LogP contribution in [0.5, 0.6) is 0 Å². The third-order valence-corrected chi connectivity index (χ3v) is 5.13. The van der Waals surface area contributed by atoms with Crippen molar-refractivity contribution in [2.45, 2.75) is 25.4 Å². The van der Waals surface area contributed by atoms with Crippen LogP contribution in [-0.2, 0) is 16.0 Å². The molecule has 1 aromatic rings. The molecule has 1 aromatic carbocycles. The number of anilines is 1. The van der Waals surface area contributed by atoms with Crippen molar-refractivity contribution in [3.05, 3.63) is 28.2 Å². The van der Waals surface area contributed by atoms with E-state index in [0.29, 0.717) is 6.04 Å². The molecule has 0 amide bonds. The molecule has 0 N–H and O–H groups in total. The second-order valence-corrected chi connectivity index (χ2v) is 7.05. The maximum atomic E-state index is 5.49. The molecular formula is C17H25BrN2O2. The van der Waals surface area contributed by atoms with Gasteiger partial charge in [0.25, 0.3) is 0 Å². The maximum Gasteiger partial charge on any atom is 0.0642 e. The average Bonchev–Trinajstić information content (AvgIpc) is 2.58. The van der Waals surface area contributed by atoms with Crippen LogP contribution < -0.4 is 4.90 Å². The lowest BCUT2D eigenvalue weighted by Crippen LogP contribution is -2.39. The van der Waals surface area contributed by atoms with E-state index in [9.17, 15) is 0 Å². The van der Waals surface area contributed by atoms with Crippen molar-refractivity contribution in [1.82, 2.24) is 4.90 Å². The molecule has 2 aliphatic rings. The third-order valence-electron chi connectivity index (χ3n) is 4.63. The molecule has 0 atom stereocenters. The normalized spacial score (nSPS) is 20.6. The average molecular weight is 369 g/mol. The Kier molecular flexibility index (Phi) is 5.74. The highest BCUT2D eigenvalue weighted by Crippen LogP contribution is 2.28. The van der Waals surface area contributed by atoms with Crippen LogP contribution in [-0.4, -0.2) is 57.5 Å². The van der Waals surface area contributed by atoms with Gasteiger partial charge in [-0.25, -0.2) is 0 Å². The Labute approximate surface area is 141 Å². The van der Waals surface area contributed by atoms with Gasteiger partial charge in [-0.05, 0) is 37.6 Å². The van der Waals surface area contributed by atoms with Gasteiger partial charge in [0, 0.05) is 49.0 Å². The van der Waals surface area contributed by atoms with E-state index in [-0.39, 0.29) is 0 Å². The maximum absolute atomic E-state index is 5.49. The molecule has 0 spiro atoms. The van der Waals surface area contributed by atoms with Crippen molar-refractivity contribution < 1.29 is 9.47 Å². The molecule has 2 heterocycles. The van der Waals surface area contributed by atoms with Crippen molar-refractivity contribution >= 4 is 21.6 Å². The molecule has 3 rings (SSSR count). The van der Waals surface area contributed by atoms with E-state index in [1.807, 2.05) is 0 Å². The summed E-state index contributed by atoms with van der Waals surface area (Å²) in [4.78, 5) is 4.93. The van der Waals surface area contributed by atoms with Gasteiger partial charge in [0.2, 0.25) is 0 Å². The molecular weight excluding hydrogens is 344 g/mol. The van der Waals surface area contributed by atoms with Crippen molar-refractivity contribution in [3.63, 3.8) is 0 Å². The quantitative estimate of drug-likeness (QED) is 0.815. The summed E-state index contributed by atoms with van der Waals surface area (Å²) in [7, 11) is 2.24. The monoisotopic (exact) mass is 368 g/mol. The lowest BCUT2D eigenvalue weighted by Gasteiger charge is -2.34. The first-order valence-electron chi connectivity index (χ1n) is 8.13. The fourth-order valence-electron chi connectivity index (χ4n) is 3.29. The van der Waals surface area contributed by atoms with Crippen molar-refractivity contribution in [2.24, 2.45) is 0 Å². The highest BCUT2D eigenvalue weighted by atomic mass is 79.9. The number of ether oxygens (including phenoxy) is 2. The molecule has 0 aromatic heterocycles. The molecule has 0 bridgehead atoms. The van der Waals surface area contributed by atoms with Crippen molar-refractivity contribution in [2.75, 3.05) is 51.5 Å². The Morgan fingerprint density at radius 1 is 1.14 bits per heavy atom. The van der Waals surface area contributed by atoms with Crippen LogP contribution in [0.15, 0.2) is 22.7 Å². The van der Waals surface area contributed by atoms with Crippen LogP contribution >= 0.6 is 15.9 Å². The summed E-state index contributed by atoms with van der Waals surface area (Å²) in [6, 6.07) is 7.29.